The monoisotopic (exact) mass is 450 g/mol. The second-order valence-electron chi connectivity index (χ2n) is 9.22. The smallest absolute Gasteiger partial charge is 0.297 e. The molecule has 1 amide bonds. The molecular formula is C22H28F2N4O4. The largest absolute Gasteiger partial charge is 0.472 e. The van der Waals surface area contributed by atoms with Crippen molar-refractivity contribution in [2.24, 2.45) is 7.05 Å². The predicted molar refractivity (Wildman–Crippen MR) is 111 cm³/mol. The molecule has 1 N–H and O–H groups in total. The zero-order valence-corrected chi connectivity index (χ0v) is 18.3. The number of nitrogens with zero attached hydrogens (tertiary/aromatic N) is 3. The lowest BCUT2D eigenvalue weighted by atomic mass is 9.95. The zero-order valence-electron chi connectivity index (χ0n) is 18.3. The number of carbonyl (C=O) groups excluding carboxylic acids is 1. The van der Waals surface area contributed by atoms with Gasteiger partial charge in [0, 0.05) is 20.4 Å². The van der Waals surface area contributed by atoms with Crippen molar-refractivity contribution in [1.29, 1.82) is 0 Å². The third kappa shape index (κ3) is 4.24. The third-order valence-electron chi connectivity index (χ3n) is 6.46. The quantitative estimate of drug-likeness (QED) is 0.665. The summed E-state index contributed by atoms with van der Waals surface area (Å²) in [5.74, 6) is -0.753. The molecule has 32 heavy (non-hydrogen) atoms. The average Bonchev–Trinajstić information content (AvgIpc) is 3.65. The molecule has 3 fully saturated rings. The van der Waals surface area contributed by atoms with E-state index in [1.165, 1.54) is 13.1 Å². The van der Waals surface area contributed by atoms with Gasteiger partial charge in [0.2, 0.25) is 11.7 Å². The minimum Gasteiger partial charge on any atom is -0.472 e. The number of amides is 1. The number of rotatable bonds is 8. The molecule has 10 heteroatoms. The van der Waals surface area contributed by atoms with Gasteiger partial charge in [0.25, 0.3) is 11.9 Å². The van der Waals surface area contributed by atoms with Gasteiger partial charge in [0.15, 0.2) is 0 Å². The number of aryl methyl sites for hydroxylation is 1. The van der Waals surface area contributed by atoms with Crippen LogP contribution in [0.15, 0.2) is 6.20 Å². The van der Waals surface area contributed by atoms with E-state index in [4.69, 9.17) is 14.2 Å². The molecule has 2 unspecified atom stereocenters. The van der Waals surface area contributed by atoms with E-state index in [0.717, 1.165) is 38.5 Å². The van der Waals surface area contributed by atoms with Crippen LogP contribution in [0.1, 0.15) is 51.9 Å². The Bertz CT molecular complexity index is 1020. The second-order valence-corrected chi connectivity index (χ2v) is 9.22. The van der Waals surface area contributed by atoms with Crippen LogP contribution in [0.25, 0.3) is 11.0 Å². The van der Waals surface area contributed by atoms with Crippen molar-refractivity contribution in [3.8, 4) is 11.9 Å². The number of fused-ring (bicyclic) bond motifs is 1. The van der Waals surface area contributed by atoms with Gasteiger partial charge in [0.1, 0.15) is 29.4 Å². The molecule has 5 rings (SSSR count). The van der Waals surface area contributed by atoms with Crippen molar-refractivity contribution in [3.63, 3.8) is 0 Å². The Morgan fingerprint density at radius 3 is 2.44 bits per heavy atom. The summed E-state index contributed by atoms with van der Waals surface area (Å²) < 4.78 is 47.7. The number of carbonyl (C=O) groups is 1. The van der Waals surface area contributed by atoms with Crippen LogP contribution < -0.4 is 14.8 Å². The number of ether oxygens (including phenoxy) is 3. The van der Waals surface area contributed by atoms with Gasteiger partial charge in [-0.2, -0.15) is 9.37 Å². The standard InChI is InChI=1S/C22H28F2N4O4/c1-12(29)27-22(9-17(22)23)11-30-13-3-5-15(6-4-13)32-21-26-16-10-25-20(31-14-7-8-14)18(24)19(16)28(21)2/h10,13-15,17H,3-9,11H2,1-2H3,(H,27,29). The predicted octanol–water partition coefficient (Wildman–Crippen LogP) is 2.97. The van der Waals surface area contributed by atoms with Crippen molar-refractivity contribution in [2.75, 3.05) is 6.61 Å². The van der Waals surface area contributed by atoms with Crippen molar-refractivity contribution < 1.29 is 27.8 Å². The molecule has 3 aliphatic rings. The number of aromatic nitrogens is 3. The molecule has 8 nitrogen and oxygen atoms in total. The Morgan fingerprint density at radius 2 is 1.81 bits per heavy atom. The zero-order chi connectivity index (χ0) is 22.5. The highest BCUT2D eigenvalue weighted by Gasteiger charge is 2.56. The fourth-order valence-electron chi connectivity index (χ4n) is 4.32. The fraction of sp³-hybridized carbons (Fsp3) is 0.682. The van der Waals surface area contributed by atoms with Crippen LogP contribution in [0.4, 0.5) is 8.78 Å². The Balaban J connectivity index is 1.17. The molecule has 174 valence electrons. The first-order chi connectivity index (χ1) is 15.3. The number of nitrogens with one attached hydrogen (secondary N) is 1. The molecule has 0 aliphatic heterocycles. The first-order valence-electron chi connectivity index (χ1n) is 11.2. The SMILES string of the molecule is CC(=O)NC1(COC2CCC(Oc3nc4cnc(OC5CC5)c(F)c4n3C)CC2)CC1F. The van der Waals surface area contributed by atoms with Gasteiger partial charge in [-0.15, -0.1) is 0 Å². The van der Waals surface area contributed by atoms with Gasteiger partial charge in [-0.3, -0.25) is 9.36 Å². The lowest BCUT2D eigenvalue weighted by Crippen LogP contribution is -2.43. The van der Waals surface area contributed by atoms with Gasteiger partial charge in [-0.05, 0) is 38.5 Å². The van der Waals surface area contributed by atoms with Crippen molar-refractivity contribution in [3.05, 3.63) is 12.0 Å². The first-order valence-corrected chi connectivity index (χ1v) is 11.2. The van der Waals surface area contributed by atoms with Crippen molar-refractivity contribution in [1.82, 2.24) is 19.9 Å². The van der Waals surface area contributed by atoms with Crippen molar-refractivity contribution in [2.45, 2.75) is 81.9 Å². The van der Waals surface area contributed by atoms with Crippen LogP contribution in [0.2, 0.25) is 0 Å². The van der Waals surface area contributed by atoms with Gasteiger partial charge in [0.05, 0.1) is 24.4 Å². The van der Waals surface area contributed by atoms with Gasteiger partial charge in [-0.25, -0.2) is 9.37 Å². The third-order valence-corrected chi connectivity index (χ3v) is 6.46. The van der Waals surface area contributed by atoms with Crippen LogP contribution in [-0.2, 0) is 16.6 Å². The molecular weight excluding hydrogens is 422 g/mol. The van der Waals surface area contributed by atoms with Crippen LogP contribution in [0.3, 0.4) is 0 Å². The topological polar surface area (TPSA) is 87.5 Å². The molecule has 0 radical (unpaired) electrons. The highest BCUT2D eigenvalue weighted by atomic mass is 19.1. The summed E-state index contributed by atoms with van der Waals surface area (Å²) in [4.78, 5) is 19.8. The number of imidazole rings is 1. The first kappa shape index (κ1) is 21.4. The molecule has 2 aromatic rings. The maximum absolute atomic E-state index is 14.9. The minimum absolute atomic E-state index is 0.00231. The van der Waals surface area contributed by atoms with E-state index in [1.54, 1.807) is 11.6 Å². The summed E-state index contributed by atoms with van der Waals surface area (Å²) in [6, 6.07) is 0.344. The number of halogens is 2. The molecule has 3 aliphatic carbocycles. The van der Waals surface area contributed by atoms with E-state index in [-0.39, 0.29) is 36.7 Å². The van der Waals surface area contributed by atoms with E-state index in [1.807, 2.05) is 0 Å². The highest BCUT2D eigenvalue weighted by molar-refractivity contribution is 5.77. The lowest BCUT2D eigenvalue weighted by Gasteiger charge is -2.30. The van der Waals surface area contributed by atoms with Gasteiger partial charge in [-0.1, -0.05) is 0 Å². The highest BCUT2D eigenvalue weighted by Crippen LogP contribution is 2.40. The minimum atomic E-state index is -1.05. The maximum Gasteiger partial charge on any atom is 0.297 e. The van der Waals surface area contributed by atoms with E-state index < -0.39 is 17.5 Å². The summed E-state index contributed by atoms with van der Waals surface area (Å²) in [5.41, 5.74) is -0.114. The summed E-state index contributed by atoms with van der Waals surface area (Å²) in [6.45, 7) is 1.57. The van der Waals surface area contributed by atoms with Crippen molar-refractivity contribution >= 4 is 16.9 Å². The molecule has 0 spiro atoms. The summed E-state index contributed by atoms with van der Waals surface area (Å²) >= 11 is 0. The van der Waals surface area contributed by atoms with Gasteiger partial charge >= 0.3 is 0 Å². The molecule has 2 atom stereocenters. The van der Waals surface area contributed by atoms with Crippen LogP contribution in [-0.4, -0.2) is 57.1 Å². The Morgan fingerprint density at radius 1 is 1.19 bits per heavy atom. The van der Waals surface area contributed by atoms with E-state index in [0.29, 0.717) is 23.5 Å². The Labute approximate surface area is 184 Å². The molecule has 2 heterocycles. The Hall–Kier alpha value is -2.49. The summed E-state index contributed by atoms with van der Waals surface area (Å²) in [5, 5.41) is 2.68. The molecule has 0 bridgehead atoms. The molecule has 0 saturated heterocycles. The van der Waals surface area contributed by atoms with E-state index in [9.17, 15) is 13.6 Å². The number of alkyl halides is 1. The number of pyridine rings is 1. The molecule has 3 saturated carbocycles. The average molecular weight is 450 g/mol. The fourth-order valence-corrected chi connectivity index (χ4v) is 4.32. The molecule has 0 aromatic carbocycles. The second kappa shape index (κ2) is 8.13. The van der Waals surface area contributed by atoms with E-state index >= 15 is 0 Å². The number of hydrogen-bond donors (Lipinski definition) is 1. The maximum atomic E-state index is 14.9. The molecule has 2 aromatic heterocycles. The van der Waals surface area contributed by atoms with Crippen LogP contribution >= 0.6 is 0 Å². The number of hydrogen-bond acceptors (Lipinski definition) is 6. The van der Waals surface area contributed by atoms with E-state index in [2.05, 4.69) is 15.3 Å². The normalized spacial score (nSPS) is 29.7. The van der Waals surface area contributed by atoms with Crippen LogP contribution in [0.5, 0.6) is 11.9 Å². The Kier molecular flexibility index (Phi) is 5.43. The van der Waals surface area contributed by atoms with Gasteiger partial charge < -0.3 is 19.5 Å². The van der Waals surface area contributed by atoms with Crippen LogP contribution in [0, 0.1) is 5.82 Å². The lowest BCUT2D eigenvalue weighted by molar-refractivity contribution is -0.121. The summed E-state index contributed by atoms with van der Waals surface area (Å²) in [6.07, 6.45) is 5.61. The summed E-state index contributed by atoms with van der Waals surface area (Å²) in [7, 11) is 1.72.